The zero-order chi connectivity index (χ0) is 20.2. The van der Waals surface area contributed by atoms with Crippen LogP contribution in [0.2, 0.25) is 0 Å². The molecule has 0 unspecified atom stereocenters. The van der Waals surface area contributed by atoms with E-state index in [2.05, 4.69) is 20.1 Å². The van der Waals surface area contributed by atoms with Gasteiger partial charge in [-0.2, -0.15) is 0 Å². The lowest BCUT2D eigenvalue weighted by molar-refractivity contribution is -0.135. The average Bonchev–Trinajstić information content (AvgIpc) is 3.25. The van der Waals surface area contributed by atoms with Gasteiger partial charge in [-0.1, -0.05) is 18.2 Å². The van der Waals surface area contributed by atoms with E-state index in [9.17, 15) is 4.79 Å². The molecule has 2 aromatic heterocycles. The van der Waals surface area contributed by atoms with Gasteiger partial charge >= 0.3 is 0 Å². The molecule has 9 nitrogen and oxygen atoms in total. The van der Waals surface area contributed by atoms with Crippen LogP contribution in [0.3, 0.4) is 0 Å². The van der Waals surface area contributed by atoms with Crippen molar-refractivity contribution in [2.24, 2.45) is 0 Å². The first-order valence-corrected chi connectivity index (χ1v) is 9.40. The second-order valence-electron chi connectivity index (χ2n) is 6.74. The highest BCUT2D eigenvalue weighted by Gasteiger charge is 2.23. The molecule has 4 rings (SSSR count). The number of anilines is 1. The summed E-state index contributed by atoms with van der Waals surface area (Å²) in [5.41, 5.74) is 2.13. The molecule has 0 spiro atoms. The van der Waals surface area contributed by atoms with Crippen LogP contribution in [-0.2, 0) is 9.53 Å². The van der Waals surface area contributed by atoms with Crippen LogP contribution in [0.25, 0.3) is 23.0 Å². The zero-order valence-electron chi connectivity index (χ0n) is 16.4. The third-order valence-electron chi connectivity index (χ3n) is 4.82. The fraction of sp³-hybridized carbons (Fsp3) is 0.350. The lowest BCUT2D eigenvalue weighted by Gasteiger charge is -2.35. The largest absolute Gasteiger partial charge is 0.415 e. The van der Waals surface area contributed by atoms with Crippen molar-refractivity contribution in [2.45, 2.75) is 6.92 Å². The Bertz CT molecular complexity index is 983. The van der Waals surface area contributed by atoms with E-state index in [1.54, 1.807) is 11.1 Å². The predicted octanol–water partition coefficient (Wildman–Crippen LogP) is 1.80. The Morgan fingerprint density at radius 2 is 1.83 bits per heavy atom. The number of aromatic nitrogens is 4. The number of hydrogen-bond acceptors (Lipinski definition) is 8. The van der Waals surface area contributed by atoms with E-state index in [0.717, 1.165) is 11.4 Å². The van der Waals surface area contributed by atoms with Crippen LogP contribution in [-0.4, -0.2) is 70.9 Å². The van der Waals surface area contributed by atoms with Crippen molar-refractivity contribution in [1.29, 1.82) is 0 Å². The highest BCUT2D eigenvalue weighted by Crippen LogP contribution is 2.26. The molecule has 1 amide bonds. The van der Waals surface area contributed by atoms with Gasteiger partial charge in [0, 0.05) is 38.9 Å². The molecule has 1 aliphatic rings. The summed E-state index contributed by atoms with van der Waals surface area (Å²) in [6.45, 7) is 4.55. The molecule has 150 valence electrons. The number of amides is 1. The Kier molecular flexibility index (Phi) is 5.48. The van der Waals surface area contributed by atoms with Crippen molar-refractivity contribution in [2.75, 3.05) is 44.8 Å². The molecule has 1 aromatic carbocycles. The predicted molar refractivity (Wildman–Crippen MR) is 106 cm³/mol. The quantitative estimate of drug-likeness (QED) is 0.646. The normalized spacial score (nSPS) is 14.3. The molecule has 0 radical (unpaired) electrons. The van der Waals surface area contributed by atoms with Crippen molar-refractivity contribution in [3.63, 3.8) is 0 Å². The van der Waals surface area contributed by atoms with Crippen molar-refractivity contribution in [1.82, 2.24) is 25.1 Å². The molecular weight excluding hydrogens is 372 g/mol. The third kappa shape index (κ3) is 4.09. The summed E-state index contributed by atoms with van der Waals surface area (Å²) < 4.78 is 10.8. The number of aryl methyl sites for hydroxylation is 1. The minimum atomic E-state index is 0.00197. The first-order chi connectivity index (χ1) is 14.2. The highest BCUT2D eigenvalue weighted by molar-refractivity contribution is 5.77. The van der Waals surface area contributed by atoms with Crippen LogP contribution in [0.1, 0.15) is 5.69 Å². The zero-order valence-corrected chi connectivity index (χ0v) is 16.4. The lowest BCUT2D eigenvalue weighted by atomic mass is 10.2. The molecule has 1 aliphatic heterocycles. The maximum atomic E-state index is 12.0. The number of nitrogens with zero attached hydrogens (tertiary/aromatic N) is 6. The fourth-order valence-electron chi connectivity index (χ4n) is 3.21. The molecule has 1 saturated heterocycles. The Morgan fingerprint density at radius 1 is 1.10 bits per heavy atom. The Morgan fingerprint density at radius 3 is 2.55 bits per heavy atom. The average molecular weight is 394 g/mol. The van der Waals surface area contributed by atoms with Gasteiger partial charge in [0.05, 0.1) is 11.9 Å². The molecule has 1 fully saturated rings. The fourth-order valence-corrected chi connectivity index (χ4v) is 3.21. The molecule has 0 N–H and O–H groups in total. The summed E-state index contributed by atoms with van der Waals surface area (Å²) in [5, 5.41) is 8.30. The summed E-state index contributed by atoms with van der Waals surface area (Å²) in [7, 11) is 1.53. The molecule has 0 bridgehead atoms. The number of hydrogen-bond donors (Lipinski definition) is 0. The van der Waals surface area contributed by atoms with Gasteiger partial charge in [-0.05, 0) is 19.1 Å². The lowest BCUT2D eigenvalue weighted by Crippen LogP contribution is -2.50. The number of carbonyl (C=O) groups excluding carboxylic acids is 1. The van der Waals surface area contributed by atoms with E-state index in [1.807, 2.05) is 37.3 Å². The van der Waals surface area contributed by atoms with Gasteiger partial charge in [0.25, 0.3) is 5.89 Å². The van der Waals surface area contributed by atoms with Crippen LogP contribution < -0.4 is 4.90 Å². The SMILES string of the molecule is COCC(=O)N1CCN(c2cnc(C)c(-c3nnc(-c4ccccc4)o3)n2)CC1. The van der Waals surface area contributed by atoms with Gasteiger partial charge in [-0.25, -0.2) is 4.98 Å². The van der Waals surface area contributed by atoms with Crippen LogP contribution in [0.4, 0.5) is 5.82 Å². The minimum absolute atomic E-state index is 0.00197. The monoisotopic (exact) mass is 394 g/mol. The molecular formula is C20H22N6O3. The van der Waals surface area contributed by atoms with Crippen LogP contribution in [0.15, 0.2) is 40.9 Å². The van der Waals surface area contributed by atoms with Gasteiger partial charge in [0.15, 0.2) is 5.69 Å². The number of piperazine rings is 1. The Labute approximate surface area is 168 Å². The first-order valence-electron chi connectivity index (χ1n) is 9.40. The van der Waals surface area contributed by atoms with E-state index in [0.29, 0.717) is 49.3 Å². The topological polar surface area (TPSA) is 97.5 Å². The summed E-state index contributed by atoms with van der Waals surface area (Å²) in [5.74, 6) is 1.51. The van der Waals surface area contributed by atoms with Crippen molar-refractivity contribution in [3.05, 3.63) is 42.2 Å². The number of rotatable bonds is 5. The van der Waals surface area contributed by atoms with Gasteiger partial charge < -0.3 is 19.0 Å². The smallest absolute Gasteiger partial charge is 0.268 e. The number of methoxy groups -OCH3 is 1. The van der Waals surface area contributed by atoms with Gasteiger partial charge in [-0.15, -0.1) is 10.2 Å². The molecule has 3 aromatic rings. The Balaban J connectivity index is 1.52. The highest BCUT2D eigenvalue weighted by atomic mass is 16.5. The van der Waals surface area contributed by atoms with Gasteiger partial charge in [-0.3, -0.25) is 9.78 Å². The minimum Gasteiger partial charge on any atom is -0.415 e. The molecule has 0 atom stereocenters. The standard InChI is InChI=1S/C20H22N6O3/c1-14-18(20-24-23-19(29-20)15-6-4-3-5-7-15)22-16(12-21-14)25-8-10-26(11-9-25)17(27)13-28-2/h3-7,12H,8-11,13H2,1-2H3. The van der Waals surface area contributed by atoms with E-state index >= 15 is 0 Å². The third-order valence-corrected chi connectivity index (χ3v) is 4.82. The van der Waals surface area contributed by atoms with Crippen LogP contribution in [0.5, 0.6) is 0 Å². The second kappa shape index (κ2) is 8.36. The molecule has 29 heavy (non-hydrogen) atoms. The number of carbonyl (C=O) groups is 1. The van der Waals surface area contributed by atoms with E-state index in [4.69, 9.17) is 14.1 Å². The van der Waals surface area contributed by atoms with E-state index in [-0.39, 0.29) is 12.5 Å². The summed E-state index contributed by atoms with van der Waals surface area (Å²) in [4.78, 5) is 25.0. The molecule has 9 heteroatoms. The van der Waals surface area contributed by atoms with Crippen molar-refractivity contribution >= 4 is 11.7 Å². The second-order valence-corrected chi connectivity index (χ2v) is 6.74. The van der Waals surface area contributed by atoms with Crippen LogP contribution >= 0.6 is 0 Å². The van der Waals surface area contributed by atoms with Gasteiger partial charge in [0.1, 0.15) is 12.4 Å². The first kappa shape index (κ1) is 19.0. The van der Waals surface area contributed by atoms with Crippen molar-refractivity contribution in [3.8, 4) is 23.0 Å². The van der Waals surface area contributed by atoms with Gasteiger partial charge in [0.2, 0.25) is 11.8 Å². The molecule has 0 saturated carbocycles. The maximum absolute atomic E-state index is 12.0. The summed E-state index contributed by atoms with van der Waals surface area (Å²) in [6.07, 6.45) is 1.74. The summed E-state index contributed by atoms with van der Waals surface area (Å²) >= 11 is 0. The van der Waals surface area contributed by atoms with E-state index < -0.39 is 0 Å². The molecule has 3 heterocycles. The van der Waals surface area contributed by atoms with Crippen LogP contribution in [0, 0.1) is 6.92 Å². The van der Waals surface area contributed by atoms with E-state index in [1.165, 1.54) is 7.11 Å². The Hall–Kier alpha value is -3.33. The van der Waals surface area contributed by atoms with Crippen molar-refractivity contribution < 1.29 is 13.9 Å². The maximum Gasteiger partial charge on any atom is 0.268 e. The number of ether oxygens (including phenoxy) is 1. The molecule has 0 aliphatic carbocycles. The number of benzene rings is 1. The summed E-state index contributed by atoms with van der Waals surface area (Å²) in [6, 6.07) is 9.60.